The van der Waals surface area contributed by atoms with Crippen LogP contribution in [0.3, 0.4) is 0 Å². The highest BCUT2D eigenvalue weighted by Gasteiger charge is 2.29. The monoisotopic (exact) mass is 448 g/mol. The van der Waals surface area contributed by atoms with Gasteiger partial charge in [0.2, 0.25) is 5.91 Å². The first kappa shape index (κ1) is 21.6. The first-order valence-electron chi connectivity index (χ1n) is 11.7. The summed E-state index contributed by atoms with van der Waals surface area (Å²) in [5.74, 6) is 1.86. The molecular weight excluding hydrogens is 419 g/mol. The van der Waals surface area contributed by atoms with Gasteiger partial charge in [-0.15, -0.1) is 0 Å². The number of likely N-dealkylation sites (tertiary alicyclic amines) is 1. The van der Waals surface area contributed by atoms with E-state index >= 15 is 0 Å². The molecule has 4 heterocycles. The molecule has 33 heavy (non-hydrogen) atoms. The second-order valence-electron chi connectivity index (χ2n) is 8.69. The third-order valence-electron chi connectivity index (χ3n) is 6.65. The van der Waals surface area contributed by atoms with Crippen LogP contribution in [0.15, 0.2) is 54.9 Å². The number of carbonyl (C=O) groups excluding carboxylic acids is 1. The number of hydrogen-bond donors (Lipinski definition) is 1. The molecular formula is C25H29FN6O. The molecule has 0 spiro atoms. The third kappa shape index (κ3) is 4.90. The van der Waals surface area contributed by atoms with Gasteiger partial charge in [-0.1, -0.05) is 6.07 Å². The van der Waals surface area contributed by atoms with Gasteiger partial charge in [0.1, 0.15) is 17.5 Å². The number of carbonyl (C=O) groups is 1. The number of piperazine rings is 1. The molecule has 1 amide bonds. The summed E-state index contributed by atoms with van der Waals surface area (Å²) in [5.41, 5.74) is 1.80. The third-order valence-corrected chi connectivity index (χ3v) is 6.65. The van der Waals surface area contributed by atoms with E-state index in [1.807, 2.05) is 29.3 Å². The van der Waals surface area contributed by atoms with Crippen molar-refractivity contribution in [1.82, 2.24) is 24.8 Å². The number of H-pyrrole nitrogens is 1. The molecule has 8 heteroatoms. The average Bonchev–Trinajstić information content (AvgIpc) is 3.53. The zero-order valence-corrected chi connectivity index (χ0v) is 18.7. The van der Waals surface area contributed by atoms with Crippen LogP contribution in [-0.4, -0.2) is 69.9 Å². The second kappa shape index (κ2) is 9.70. The molecule has 2 aliphatic heterocycles. The first-order valence-corrected chi connectivity index (χ1v) is 11.7. The van der Waals surface area contributed by atoms with Gasteiger partial charge in [0.25, 0.3) is 0 Å². The Morgan fingerprint density at radius 2 is 1.85 bits per heavy atom. The van der Waals surface area contributed by atoms with Crippen molar-refractivity contribution < 1.29 is 9.18 Å². The topological polar surface area (TPSA) is 68.4 Å². The summed E-state index contributed by atoms with van der Waals surface area (Å²) >= 11 is 0. The summed E-state index contributed by atoms with van der Waals surface area (Å²) in [4.78, 5) is 31.9. The molecule has 7 nitrogen and oxygen atoms in total. The second-order valence-corrected chi connectivity index (χ2v) is 8.69. The molecule has 1 atom stereocenters. The van der Waals surface area contributed by atoms with E-state index in [-0.39, 0.29) is 17.8 Å². The minimum absolute atomic E-state index is 0.188. The Bertz CT molecular complexity index is 1060. The lowest BCUT2D eigenvalue weighted by Crippen LogP contribution is -2.49. The highest BCUT2D eigenvalue weighted by molar-refractivity contribution is 5.76. The maximum Gasteiger partial charge on any atom is 0.223 e. The number of nitrogens with zero attached hydrogens (tertiary/aromatic N) is 5. The fraction of sp³-hybridized carbons (Fsp3) is 0.400. The number of rotatable bonds is 6. The maximum absolute atomic E-state index is 13.2. The van der Waals surface area contributed by atoms with Gasteiger partial charge in [-0.2, -0.15) is 0 Å². The number of nitrogens with one attached hydrogen (secondary N) is 1. The number of hydrogen-bond acceptors (Lipinski definition) is 5. The fourth-order valence-electron chi connectivity index (χ4n) is 4.81. The van der Waals surface area contributed by atoms with Gasteiger partial charge >= 0.3 is 0 Å². The van der Waals surface area contributed by atoms with E-state index in [2.05, 4.69) is 24.8 Å². The van der Waals surface area contributed by atoms with Crippen molar-refractivity contribution in [3.8, 4) is 11.3 Å². The highest BCUT2D eigenvalue weighted by Crippen LogP contribution is 2.31. The SMILES string of the molecule is O=C(CCN1CCCC1c1ncc(-c2ccc(F)cc2)[nH]1)N1CCN(c2ccccn2)CC1. The number of pyridine rings is 1. The Labute approximate surface area is 193 Å². The molecule has 2 aliphatic rings. The number of amides is 1. The van der Waals surface area contributed by atoms with Gasteiger partial charge in [0, 0.05) is 45.3 Å². The normalized spacial score (nSPS) is 19.2. The van der Waals surface area contributed by atoms with Crippen LogP contribution in [0.5, 0.6) is 0 Å². The largest absolute Gasteiger partial charge is 0.353 e. The molecule has 5 rings (SSSR count). The van der Waals surface area contributed by atoms with Crippen molar-refractivity contribution >= 4 is 11.7 Å². The molecule has 2 fully saturated rings. The zero-order valence-electron chi connectivity index (χ0n) is 18.7. The molecule has 0 radical (unpaired) electrons. The van der Waals surface area contributed by atoms with Gasteiger partial charge in [-0.05, 0) is 61.3 Å². The fourth-order valence-corrected chi connectivity index (χ4v) is 4.81. The zero-order chi connectivity index (χ0) is 22.6. The first-order chi connectivity index (χ1) is 16.2. The smallest absolute Gasteiger partial charge is 0.223 e. The quantitative estimate of drug-likeness (QED) is 0.625. The van der Waals surface area contributed by atoms with E-state index in [0.717, 1.165) is 75.0 Å². The minimum Gasteiger partial charge on any atom is -0.353 e. The average molecular weight is 449 g/mol. The number of anilines is 1. The highest BCUT2D eigenvalue weighted by atomic mass is 19.1. The van der Waals surface area contributed by atoms with E-state index in [1.165, 1.54) is 12.1 Å². The summed E-state index contributed by atoms with van der Waals surface area (Å²) in [6, 6.07) is 12.5. The molecule has 2 saturated heterocycles. The van der Waals surface area contributed by atoms with Crippen LogP contribution in [0.2, 0.25) is 0 Å². The van der Waals surface area contributed by atoms with Crippen molar-refractivity contribution in [1.29, 1.82) is 0 Å². The maximum atomic E-state index is 13.2. The Morgan fingerprint density at radius 1 is 1.03 bits per heavy atom. The van der Waals surface area contributed by atoms with Crippen molar-refractivity contribution in [2.45, 2.75) is 25.3 Å². The molecule has 1 N–H and O–H groups in total. The van der Waals surface area contributed by atoms with Crippen LogP contribution >= 0.6 is 0 Å². The minimum atomic E-state index is -0.247. The van der Waals surface area contributed by atoms with Gasteiger partial charge < -0.3 is 14.8 Å². The van der Waals surface area contributed by atoms with Crippen LogP contribution in [0.1, 0.15) is 31.1 Å². The number of aromatic amines is 1. The lowest BCUT2D eigenvalue weighted by atomic mass is 10.1. The van der Waals surface area contributed by atoms with E-state index in [1.54, 1.807) is 18.3 Å². The summed E-state index contributed by atoms with van der Waals surface area (Å²) in [7, 11) is 0. The van der Waals surface area contributed by atoms with Gasteiger partial charge in [0.05, 0.1) is 17.9 Å². The van der Waals surface area contributed by atoms with E-state index in [4.69, 9.17) is 0 Å². The Hall–Kier alpha value is -3.26. The Balaban J connectivity index is 1.14. The van der Waals surface area contributed by atoms with Crippen LogP contribution in [0.25, 0.3) is 11.3 Å². The number of imidazole rings is 1. The van der Waals surface area contributed by atoms with Gasteiger partial charge in [-0.25, -0.2) is 14.4 Å². The van der Waals surface area contributed by atoms with Crippen molar-refractivity contribution in [2.75, 3.05) is 44.2 Å². The Morgan fingerprint density at radius 3 is 2.61 bits per heavy atom. The number of benzene rings is 1. The molecule has 172 valence electrons. The lowest BCUT2D eigenvalue weighted by molar-refractivity contribution is -0.131. The van der Waals surface area contributed by atoms with Crippen LogP contribution < -0.4 is 4.90 Å². The Kier molecular flexibility index (Phi) is 6.35. The van der Waals surface area contributed by atoms with Gasteiger partial charge in [0.15, 0.2) is 0 Å². The van der Waals surface area contributed by atoms with E-state index < -0.39 is 0 Å². The predicted octanol–water partition coefficient (Wildman–Crippen LogP) is 3.49. The summed E-state index contributed by atoms with van der Waals surface area (Å²) in [6.07, 6.45) is 6.25. The van der Waals surface area contributed by atoms with Crippen molar-refractivity contribution in [2.24, 2.45) is 0 Å². The molecule has 0 bridgehead atoms. The van der Waals surface area contributed by atoms with E-state index in [9.17, 15) is 9.18 Å². The molecule has 0 aliphatic carbocycles. The summed E-state index contributed by atoms with van der Waals surface area (Å²) in [5, 5.41) is 0. The predicted molar refractivity (Wildman–Crippen MR) is 125 cm³/mol. The summed E-state index contributed by atoms with van der Waals surface area (Å²) in [6.45, 7) is 4.80. The van der Waals surface area contributed by atoms with Crippen LogP contribution in [-0.2, 0) is 4.79 Å². The van der Waals surface area contributed by atoms with E-state index in [0.29, 0.717) is 6.42 Å². The molecule has 0 saturated carbocycles. The lowest BCUT2D eigenvalue weighted by Gasteiger charge is -2.35. The molecule has 1 aromatic carbocycles. The molecule has 1 unspecified atom stereocenters. The molecule has 3 aromatic rings. The molecule has 2 aromatic heterocycles. The number of aromatic nitrogens is 3. The standard InChI is InChI=1S/C25H29FN6O/c26-20-8-6-19(7-9-20)21-18-28-25(29-21)22-4-3-12-30(22)13-10-24(33)32-16-14-31(15-17-32)23-5-1-2-11-27-23/h1-2,5-9,11,18,22H,3-4,10,12-17H2,(H,28,29). The van der Waals surface area contributed by atoms with Crippen molar-refractivity contribution in [3.63, 3.8) is 0 Å². The van der Waals surface area contributed by atoms with Gasteiger partial charge in [-0.3, -0.25) is 9.69 Å². The van der Waals surface area contributed by atoms with Crippen molar-refractivity contribution in [3.05, 3.63) is 66.5 Å². The summed E-state index contributed by atoms with van der Waals surface area (Å²) < 4.78 is 13.2. The van der Waals surface area contributed by atoms with Crippen LogP contribution in [0, 0.1) is 5.82 Å². The van der Waals surface area contributed by atoms with Crippen LogP contribution in [0.4, 0.5) is 10.2 Å². The number of halogens is 1.